The van der Waals surface area contributed by atoms with E-state index in [2.05, 4.69) is 20.6 Å². The van der Waals surface area contributed by atoms with E-state index in [1.807, 2.05) is 54.6 Å². The number of fused-ring (bicyclic) bond motifs is 3. The smallest absolute Gasteiger partial charge is 0.259 e. The van der Waals surface area contributed by atoms with Crippen LogP contribution in [0.2, 0.25) is 0 Å². The van der Waals surface area contributed by atoms with Crippen LogP contribution in [0.5, 0.6) is 0 Å². The van der Waals surface area contributed by atoms with Gasteiger partial charge in [-0.25, -0.2) is 14.3 Å². The van der Waals surface area contributed by atoms with E-state index in [0.29, 0.717) is 23.2 Å². The summed E-state index contributed by atoms with van der Waals surface area (Å²) in [6, 6.07) is 22.2. The number of rotatable bonds is 9. The molecule has 10 heteroatoms. The van der Waals surface area contributed by atoms with Crippen LogP contribution in [0.25, 0.3) is 0 Å². The number of benzene rings is 3. The monoisotopic (exact) mass is 543 g/mol. The Hall–Kier alpha value is -4.31. The molecule has 0 aromatic heterocycles. The molecule has 3 amide bonds. The first-order valence-electron chi connectivity index (χ1n) is 12.5. The first-order valence-corrected chi connectivity index (χ1v) is 13.5. The van der Waals surface area contributed by atoms with Crippen LogP contribution in [0.4, 0.5) is 10.1 Å². The molecule has 1 atom stereocenters. The van der Waals surface area contributed by atoms with E-state index in [4.69, 9.17) is 0 Å². The fourth-order valence-electron chi connectivity index (χ4n) is 4.22. The third kappa shape index (κ3) is 6.40. The molecular formula is C29H26FN5O3S. The predicted molar refractivity (Wildman–Crippen MR) is 149 cm³/mol. The Morgan fingerprint density at radius 1 is 0.872 bits per heavy atom. The Bertz CT molecular complexity index is 1440. The summed E-state index contributed by atoms with van der Waals surface area (Å²) in [7, 11) is 0. The van der Waals surface area contributed by atoms with Gasteiger partial charge in [-0.05, 0) is 41.8 Å². The highest BCUT2D eigenvalue weighted by Crippen LogP contribution is 2.34. The van der Waals surface area contributed by atoms with Crippen LogP contribution in [-0.2, 0) is 27.5 Å². The van der Waals surface area contributed by atoms with Gasteiger partial charge in [-0.1, -0.05) is 66.4 Å². The van der Waals surface area contributed by atoms with Crippen LogP contribution in [0.3, 0.4) is 0 Å². The molecule has 2 heterocycles. The topological polar surface area (TPSA) is 103 Å². The van der Waals surface area contributed by atoms with E-state index in [1.165, 1.54) is 28.8 Å². The van der Waals surface area contributed by atoms with Crippen LogP contribution in [0.15, 0.2) is 88.8 Å². The average Bonchev–Trinajstić information content (AvgIpc) is 3.30. The number of aliphatic imine (C=N–C) groups is 2. The lowest BCUT2D eigenvalue weighted by Gasteiger charge is -2.25. The Morgan fingerprint density at radius 2 is 1.54 bits per heavy atom. The van der Waals surface area contributed by atoms with Crippen molar-refractivity contribution in [2.75, 3.05) is 5.75 Å². The molecular weight excluding hydrogens is 517 g/mol. The number of carbonyl (C=O) groups is 3. The number of thioether (sulfide) groups is 1. The lowest BCUT2D eigenvalue weighted by molar-refractivity contribution is -0.125. The fraction of sp³-hybridized carbons (Fsp3) is 0.207. The number of amidine groups is 2. The first kappa shape index (κ1) is 26.3. The van der Waals surface area contributed by atoms with E-state index in [9.17, 15) is 18.8 Å². The largest absolute Gasteiger partial charge is 0.352 e. The van der Waals surface area contributed by atoms with Gasteiger partial charge in [-0.2, -0.15) is 0 Å². The van der Waals surface area contributed by atoms with Gasteiger partial charge in [0.05, 0.1) is 11.4 Å². The maximum Gasteiger partial charge on any atom is 0.259 e. The Labute approximate surface area is 229 Å². The van der Waals surface area contributed by atoms with Gasteiger partial charge in [0.15, 0.2) is 5.17 Å². The van der Waals surface area contributed by atoms with Crippen molar-refractivity contribution in [3.63, 3.8) is 0 Å². The van der Waals surface area contributed by atoms with E-state index in [0.717, 1.165) is 16.7 Å². The summed E-state index contributed by atoms with van der Waals surface area (Å²) in [6.45, 7) is 0.682. The summed E-state index contributed by atoms with van der Waals surface area (Å²) in [5.41, 5.74) is 3.17. The van der Waals surface area contributed by atoms with Gasteiger partial charge in [-0.15, -0.1) is 0 Å². The maximum absolute atomic E-state index is 13.4. The highest BCUT2D eigenvalue weighted by Gasteiger charge is 2.41. The van der Waals surface area contributed by atoms with Gasteiger partial charge in [0.1, 0.15) is 17.7 Å². The zero-order valence-corrected chi connectivity index (χ0v) is 21.8. The van der Waals surface area contributed by atoms with Crippen molar-refractivity contribution in [1.29, 1.82) is 0 Å². The number of para-hydroxylation sites is 1. The van der Waals surface area contributed by atoms with Gasteiger partial charge in [0.2, 0.25) is 11.8 Å². The van der Waals surface area contributed by atoms with Crippen molar-refractivity contribution in [2.45, 2.75) is 32.0 Å². The number of carbonyl (C=O) groups excluding carboxylic acids is 3. The van der Waals surface area contributed by atoms with E-state index < -0.39 is 6.04 Å². The highest BCUT2D eigenvalue weighted by atomic mass is 32.2. The minimum absolute atomic E-state index is 0.0847. The average molecular weight is 544 g/mol. The molecule has 3 aromatic carbocycles. The quantitative estimate of drug-likeness (QED) is 0.427. The molecule has 2 aliphatic rings. The molecule has 0 bridgehead atoms. The van der Waals surface area contributed by atoms with Crippen molar-refractivity contribution >= 4 is 46.2 Å². The van der Waals surface area contributed by atoms with Crippen LogP contribution in [-0.4, -0.2) is 45.4 Å². The lowest BCUT2D eigenvalue weighted by Crippen LogP contribution is -2.41. The standard InChI is InChI=1S/C29H26FN5O3S/c30-21-12-10-20(11-13-21)17-31-25(36)15-14-24-28(38)35-27(33-24)22-8-4-5-9-23(22)34-29(35)39-18-26(37)32-16-19-6-2-1-3-7-19/h1-13,24H,14-18H2,(H,31,36)(H,32,37). The second-order valence-electron chi connectivity index (χ2n) is 9.05. The number of amides is 3. The van der Waals surface area contributed by atoms with Crippen molar-refractivity contribution in [3.05, 3.63) is 101 Å². The number of halogens is 1. The van der Waals surface area contributed by atoms with Gasteiger partial charge < -0.3 is 10.6 Å². The summed E-state index contributed by atoms with van der Waals surface area (Å²) in [4.78, 5) is 49.1. The van der Waals surface area contributed by atoms with Crippen LogP contribution in [0, 0.1) is 5.82 Å². The SMILES string of the molecule is O=C(CCC1N=C2c3ccccc3N=C(SCC(=O)NCc3ccccc3)N2C1=O)NCc1ccc(F)cc1. The summed E-state index contributed by atoms with van der Waals surface area (Å²) in [5, 5.41) is 6.06. The van der Waals surface area contributed by atoms with E-state index >= 15 is 0 Å². The van der Waals surface area contributed by atoms with Crippen LogP contribution < -0.4 is 10.6 Å². The van der Waals surface area contributed by atoms with E-state index in [1.54, 1.807) is 12.1 Å². The molecule has 0 fully saturated rings. The molecule has 2 aliphatic heterocycles. The summed E-state index contributed by atoms with van der Waals surface area (Å²) < 4.78 is 13.1. The molecule has 5 rings (SSSR count). The highest BCUT2D eigenvalue weighted by molar-refractivity contribution is 8.14. The summed E-state index contributed by atoms with van der Waals surface area (Å²) in [6.07, 6.45) is 0.330. The van der Waals surface area contributed by atoms with Crippen molar-refractivity contribution in [3.8, 4) is 0 Å². The number of nitrogens with zero attached hydrogens (tertiary/aromatic N) is 3. The summed E-state index contributed by atoms with van der Waals surface area (Å²) in [5.74, 6) is -0.450. The van der Waals surface area contributed by atoms with Gasteiger partial charge in [-0.3, -0.25) is 19.4 Å². The zero-order valence-electron chi connectivity index (χ0n) is 21.0. The molecule has 8 nitrogen and oxygen atoms in total. The van der Waals surface area contributed by atoms with Crippen molar-refractivity contribution < 1.29 is 18.8 Å². The minimum Gasteiger partial charge on any atom is -0.352 e. The first-order chi connectivity index (χ1) is 19.0. The molecule has 0 saturated carbocycles. The molecule has 0 radical (unpaired) electrons. The molecule has 39 heavy (non-hydrogen) atoms. The van der Waals surface area contributed by atoms with Gasteiger partial charge in [0, 0.05) is 25.1 Å². The molecule has 1 unspecified atom stereocenters. The third-order valence-electron chi connectivity index (χ3n) is 6.26. The minimum atomic E-state index is -0.736. The molecule has 3 aromatic rings. The maximum atomic E-state index is 13.4. The van der Waals surface area contributed by atoms with E-state index in [-0.39, 0.29) is 48.7 Å². The van der Waals surface area contributed by atoms with Crippen molar-refractivity contribution in [2.24, 2.45) is 9.98 Å². The Morgan fingerprint density at radius 3 is 2.31 bits per heavy atom. The number of nitrogens with one attached hydrogen (secondary N) is 2. The third-order valence-corrected chi connectivity index (χ3v) is 7.20. The molecule has 0 aliphatic carbocycles. The predicted octanol–water partition coefficient (Wildman–Crippen LogP) is 3.93. The normalized spacial score (nSPS) is 15.7. The molecule has 198 valence electrons. The van der Waals surface area contributed by atoms with Crippen molar-refractivity contribution in [1.82, 2.24) is 15.5 Å². The summed E-state index contributed by atoms with van der Waals surface area (Å²) >= 11 is 1.17. The molecule has 2 N–H and O–H groups in total. The molecule has 0 spiro atoms. The Kier molecular flexibility index (Phi) is 8.12. The molecule has 0 saturated heterocycles. The second kappa shape index (κ2) is 12.0. The van der Waals surface area contributed by atoms with Gasteiger partial charge >= 0.3 is 0 Å². The Balaban J connectivity index is 1.21. The lowest BCUT2D eigenvalue weighted by atomic mass is 10.1. The van der Waals surface area contributed by atoms with Crippen LogP contribution in [0.1, 0.15) is 29.5 Å². The van der Waals surface area contributed by atoms with Crippen LogP contribution >= 0.6 is 11.8 Å². The second-order valence-corrected chi connectivity index (χ2v) is 9.99. The number of hydrogen-bond donors (Lipinski definition) is 2. The fourth-order valence-corrected chi connectivity index (χ4v) is 5.05. The zero-order chi connectivity index (χ0) is 27.2. The van der Waals surface area contributed by atoms with Gasteiger partial charge in [0.25, 0.3) is 5.91 Å². The number of hydrogen-bond acceptors (Lipinski definition) is 6.